The Morgan fingerprint density at radius 1 is 1.20 bits per heavy atom. The topological polar surface area (TPSA) is 85.1 Å². The second-order valence-corrected chi connectivity index (χ2v) is 6.33. The van der Waals surface area contributed by atoms with Gasteiger partial charge in [0.1, 0.15) is 5.82 Å². The summed E-state index contributed by atoms with van der Waals surface area (Å²) in [5, 5.41) is 0. The molecule has 0 amide bonds. The maximum atomic E-state index is 12.2. The van der Waals surface area contributed by atoms with E-state index in [0.717, 1.165) is 5.56 Å². The highest BCUT2D eigenvalue weighted by Crippen LogP contribution is 2.15. The molecule has 3 N–H and O–H groups in total. The molecule has 0 aliphatic rings. The van der Waals surface area contributed by atoms with Crippen LogP contribution in [0.2, 0.25) is 0 Å². The Bertz CT molecular complexity index is 653. The average Bonchev–Trinajstić information content (AvgIpc) is 2.39. The Kier molecular flexibility index (Phi) is 4.36. The van der Waals surface area contributed by atoms with Gasteiger partial charge in [-0.3, -0.25) is 4.72 Å². The number of nitrogens with two attached hydrogens (primary N) is 1. The predicted octanol–water partition coefficient (Wildman–Crippen LogP) is 1.77. The fourth-order valence-corrected chi connectivity index (χ4v) is 2.80. The van der Waals surface area contributed by atoms with Gasteiger partial charge in [-0.2, -0.15) is 0 Å². The molecular weight excluding hydrogens is 274 g/mol. The first-order valence-electron chi connectivity index (χ1n) is 6.26. The molecule has 0 fully saturated rings. The zero-order valence-corrected chi connectivity index (χ0v) is 12.0. The summed E-state index contributed by atoms with van der Waals surface area (Å²) in [5.41, 5.74) is 6.72. The summed E-state index contributed by atoms with van der Waals surface area (Å²) in [6, 6.07) is 11.8. The summed E-state index contributed by atoms with van der Waals surface area (Å²) >= 11 is 0. The number of benzene rings is 1. The van der Waals surface area contributed by atoms with Crippen LogP contribution in [0.5, 0.6) is 0 Å². The van der Waals surface area contributed by atoms with E-state index >= 15 is 0 Å². The Morgan fingerprint density at radius 3 is 2.45 bits per heavy atom. The molecule has 1 atom stereocenters. The van der Waals surface area contributed by atoms with E-state index < -0.39 is 10.0 Å². The van der Waals surface area contributed by atoms with Crippen molar-refractivity contribution in [2.45, 2.75) is 24.3 Å². The van der Waals surface area contributed by atoms with Gasteiger partial charge in [0.15, 0.2) is 0 Å². The summed E-state index contributed by atoms with van der Waals surface area (Å²) in [7, 11) is -3.60. The fourth-order valence-electron chi connectivity index (χ4n) is 1.80. The highest BCUT2D eigenvalue weighted by molar-refractivity contribution is 7.92. The average molecular weight is 291 g/mol. The molecule has 1 unspecified atom stereocenters. The molecule has 5 nitrogen and oxygen atoms in total. The first-order valence-corrected chi connectivity index (χ1v) is 7.74. The molecule has 0 aliphatic carbocycles. The summed E-state index contributed by atoms with van der Waals surface area (Å²) in [6.07, 6.45) is 2.25. The largest absolute Gasteiger partial charge is 0.328 e. The molecular formula is C14H17N3O2S. The van der Waals surface area contributed by atoms with Crippen LogP contribution < -0.4 is 10.5 Å². The Hall–Kier alpha value is -1.92. The summed E-state index contributed by atoms with van der Waals surface area (Å²) in [4.78, 5) is 4.14. The molecule has 6 heteroatoms. The van der Waals surface area contributed by atoms with Gasteiger partial charge in [-0.1, -0.05) is 18.2 Å². The van der Waals surface area contributed by atoms with Crippen molar-refractivity contribution in [2.75, 3.05) is 4.72 Å². The molecule has 0 radical (unpaired) electrons. The Labute approximate surface area is 118 Å². The molecule has 0 spiro atoms. The van der Waals surface area contributed by atoms with Crippen LogP contribution in [0.25, 0.3) is 0 Å². The van der Waals surface area contributed by atoms with Crippen LogP contribution in [0.1, 0.15) is 12.5 Å². The summed E-state index contributed by atoms with van der Waals surface area (Å²) in [5.74, 6) is 0.298. The van der Waals surface area contributed by atoms with Crippen LogP contribution in [0.3, 0.4) is 0 Å². The van der Waals surface area contributed by atoms with Gasteiger partial charge in [0.05, 0.1) is 4.90 Å². The SMILES string of the molecule is CC(N)Cc1ccc(S(=O)(=O)Nc2ccccn2)cc1. The van der Waals surface area contributed by atoms with Crippen molar-refractivity contribution in [1.82, 2.24) is 4.98 Å². The van der Waals surface area contributed by atoms with Gasteiger partial charge < -0.3 is 5.73 Å². The standard InChI is InChI=1S/C14H17N3O2S/c1-11(15)10-12-5-7-13(8-6-12)20(18,19)17-14-4-2-3-9-16-14/h2-9,11H,10,15H2,1H3,(H,16,17). The maximum absolute atomic E-state index is 12.2. The van der Waals surface area contributed by atoms with E-state index in [-0.39, 0.29) is 10.9 Å². The number of sulfonamides is 1. The van der Waals surface area contributed by atoms with Crippen LogP contribution >= 0.6 is 0 Å². The van der Waals surface area contributed by atoms with E-state index in [1.165, 1.54) is 6.20 Å². The molecule has 20 heavy (non-hydrogen) atoms. The Balaban J connectivity index is 2.17. The smallest absolute Gasteiger partial charge is 0.263 e. The minimum atomic E-state index is -3.60. The highest BCUT2D eigenvalue weighted by atomic mass is 32.2. The zero-order valence-electron chi connectivity index (χ0n) is 11.2. The van der Waals surface area contributed by atoms with E-state index in [9.17, 15) is 8.42 Å². The molecule has 0 aliphatic heterocycles. The lowest BCUT2D eigenvalue weighted by atomic mass is 10.1. The van der Waals surface area contributed by atoms with Crippen LogP contribution in [-0.2, 0) is 16.4 Å². The van der Waals surface area contributed by atoms with Gasteiger partial charge in [0, 0.05) is 12.2 Å². The van der Waals surface area contributed by atoms with Crippen molar-refractivity contribution >= 4 is 15.8 Å². The van der Waals surface area contributed by atoms with Crippen molar-refractivity contribution in [3.05, 3.63) is 54.2 Å². The zero-order chi connectivity index (χ0) is 14.6. The van der Waals surface area contributed by atoms with Gasteiger partial charge in [0.2, 0.25) is 0 Å². The molecule has 2 rings (SSSR count). The third kappa shape index (κ3) is 3.79. The van der Waals surface area contributed by atoms with E-state index in [2.05, 4.69) is 9.71 Å². The number of hydrogen-bond donors (Lipinski definition) is 2. The lowest BCUT2D eigenvalue weighted by Gasteiger charge is -2.09. The number of nitrogens with one attached hydrogen (secondary N) is 1. The molecule has 0 saturated heterocycles. The first-order chi connectivity index (χ1) is 9.47. The number of rotatable bonds is 5. The number of aromatic nitrogens is 1. The monoisotopic (exact) mass is 291 g/mol. The number of hydrogen-bond acceptors (Lipinski definition) is 4. The minimum Gasteiger partial charge on any atom is -0.328 e. The van der Waals surface area contributed by atoms with E-state index in [1.807, 2.05) is 6.92 Å². The van der Waals surface area contributed by atoms with Gasteiger partial charge >= 0.3 is 0 Å². The molecule has 2 aromatic rings. The van der Waals surface area contributed by atoms with Gasteiger partial charge in [-0.15, -0.1) is 0 Å². The van der Waals surface area contributed by atoms with Crippen molar-refractivity contribution in [3.8, 4) is 0 Å². The summed E-state index contributed by atoms with van der Waals surface area (Å²) in [6.45, 7) is 1.91. The van der Waals surface area contributed by atoms with Crippen molar-refractivity contribution in [3.63, 3.8) is 0 Å². The minimum absolute atomic E-state index is 0.0455. The van der Waals surface area contributed by atoms with Crippen molar-refractivity contribution < 1.29 is 8.42 Å². The van der Waals surface area contributed by atoms with Crippen LogP contribution in [-0.4, -0.2) is 19.4 Å². The van der Waals surface area contributed by atoms with E-state index in [1.54, 1.807) is 42.5 Å². The van der Waals surface area contributed by atoms with E-state index in [4.69, 9.17) is 5.73 Å². The van der Waals surface area contributed by atoms with Crippen molar-refractivity contribution in [2.24, 2.45) is 5.73 Å². The molecule has 1 heterocycles. The number of pyridine rings is 1. The molecule has 0 bridgehead atoms. The Morgan fingerprint density at radius 2 is 1.90 bits per heavy atom. The third-order valence-corrected chi connectivity index (χ3v) is 4.07. The van der Waals surface area contributed by atoms with Crippen LogP contribution in [0.15, 0.2) is 53.6 Å². The maximum Gasteiger partial charge on any atom is 0.263 e. The lowest BCUT2D eigenvalue weighted by molar-refractivity contribution is 0.601. The summed E-state index contributed by atoms with van der Waals surface area (Å²) < 4.78 is 26.7. The number of nitrogens with zero attached hydrogens (tertiary/aromatic N) is 1. The second-order valence-electron chi connectivity index (χ2n) is 4.65. The quantitative estimate of drug-likeness (QED) is 0.879. The van der Waals surface area contributed by atoms with Crippen LogP contribution in [0, 0.1) is 0 Å². The first kappa shape index (κ1) is 14.5. The molecule has 1 aromatic heterocycles. The second kappa shape index (κ2) is 6.02. The fraction of sp³-hybridized carbons (Fsp3) is 0.214. The van der Waals surface area contributed by atoms with E-state index in [0.29, 0.717) is 12.2 Å². The van der Waals surface area contributed by atoms with Crippen LogP contribution in [0.4, 0.5) is 5.82 Å². The van der Waals surface area contributed by atoms with Gasteiger partial charge in [-0.25, -0.2) is 13.4 Å². The lowest BCUT2D eigenvalue weighted by Crippen LogP contribution is -2.18. The molecule has 0 saturated carbocycles. The van der Waals surface area contributed by atoms with Gasteiger partial charge in [-0.05, 0) is 43.2 Å². The molecule has 1 aromatic carbocycles. The highest BCUT2D eigenvalue weighted by Gasteiger charge is 2.14. The molecule has 106 valence electrons. The van der Waals surface area contributed by atoms with Gasteiger partial charge in [0.25, 0.3) is 10.0 Å². The van der Waals surface area contributed by atoms with Crippen molar-refractivity contribution in [1.29, 1.82) is 0 Å². The predicted molar refractivity (Wildman–Crippen MR) is 78.8 cm³/mol. The normalized spacial score (nSPS) is 12.9. The number of anilines is 1. The third-order valence-electron chi connectivity index (χ3n) is 2.70.